The van der Waals surface area contributed by atoms with Gasteiger partial charge in [0.15, 0.2) is 0 Å². The van der Waals surface area contributed by atoms with Gasteiger partial charge in [-0.05, 0) is 72.6 Å². The Morgan fingerprint density at radius 3 is 1.62 bits per heavy atom. The molecule has 2 aromatic rings. The van der Waals surface area contributed by atoms with E-state index in [0.29, 0.717) is 54.0 Å². The number of nitrogen functional groups attached to an aromatic ring is 1. The number of halogens is 2. The van der Waals surface area contributed by atoms with Crippen LogP contribution in [0, 0.1) is 10.1 Å². The van der Waals surface area contributed by atoms with Gasteiger partial charge in [-0.25, -0.2) is 9.59 Å². The smallest absolute Gasteiger partial charge is 0.410 e. The lowest BCUT2D eigenvalue weighted by atomic mass is 10.2. The number of hydrogen-bond donors (Lipinski definition) is 3. The van der Waals surface area contributed by atoms with Crippen molar-refractivity contribution in [1.29, 1.82) is 0 Å². The molecule has 0 aliphatic heterocycles. The first-order valence-electron chi connectivity index (χ1n) is 14.1. The Bertz CT molecular complexity index is 1230. The second-order valence-electron chi connectivity index (χ2n) is 12.0. The van der Waals surface area contributed by atoms with Crippen molar-refractivity contribution in [3.05, 3.63) is 56.6 Å². The fraction of sp³-hybridized carbons (Fsp3) is 0.548. The summed E-state index contributed by atoms with van der Waals surface area (Å²) in [7, 11) is 3.37. The lowest BCUT2D eigenvalue weighted by molar-refractivity contribution is -0.383. The van der Waals surface area contributed by atoms with Crippen LogP contribution in [0.2, 0.25) is 10.0 Å². The van der Waals surface area contributed by atoms with Crippen molar-refractivity contribution in [1.82, 2.24) is 9.80 Å². The van der Waals surface area contributed by atoms with Crippen molar-refractivity contribution < 1.29 is 24.0 Å². The molecule has 0 aliphatic rings. The molecule has 0 aromatic heterocycles. The molecule has 2 rings (SSSR count). The average molecular weight is 674 g/mol. The summed E-state index contributed by atoms with van der Waals surface area (Å²) < 4.78 is 10.5. The van der Waals surface area contributed by atoms with E-state index in [-0.39, 0.29) is 19.2 Å². The molecule has 0 spiro atoms. The largest absolute Gasteiger partial charge is 0.444 e. The van der Waals surface area contributed by atoms with Crippen molar-refractivity contribution in [3.63, 3.8) is 0 Å². The minimum absolute atomic E-state index is 0. The number of para-hydroxylation sites is 2. The zero-order valence-electron chi connectivity index (χ0n) is 26.8. The maximum absolute atomic E-state index is 11.8. The first-order chi connectivity index (χ1) is 20.3. The van der Waals surface area contributed by atoms with Gasteiger partial charge in [0.25, 0.3) is 5.69 Å². The zero-order valence-corrected chi connectivity index (χ0v) is 28.3. The standard InChI is InChI=1S/C15H22ClN3O4.C15H24ClN3O2.CH4/c1-15(2,3)23-14(20)18(4)10-6-9-17-13-11(16)7-5-8-12(13)19(21)22;1-15(2,3)21-14(20)19(4)10-6-9-18-13-11(16)7-5-8-12(13)17;/h5,7-8,17H,6,9-10H2,1-4H3;5,7-8,18H,6,9-10,17H2,1-4H3;1H4. The van der Waals surface area contributed by atoms with Crippen LogP contribution in [-0.4, -0.2) is 78.4 Å². The molecule has 0 saturated heterocycles. The highest BCUT2D eigenvalue weighted by molar-refractivity contribution is 6.34. The molecule has 0 unspecified atom stereocenters. The summed E-state index contributed by atoms with van der Waals surface area (Å²) in [4.78, 5) is 37.1. The maximum atomic E-state index is 11.8. The molecule has 14 heteroatoms. The Labute approximate surface area is 277 Å². The number of hydrogen-bond acceptors (Lipinski definition) is 9. The quantitative estimate of drug-likeness (QED) is 0.0929. The molecule has 12 nitrogen and oxygen atoms in total. The van der Waals surface area contributed by atoms with E-state index in [1.165, 1.54) is 17.0 Å². The van der Waals surface area contributed by atoms with Crippen molar-refractivity contribution >= 4 is 58.1 Å². The molecule has 0 heterocycles. The Hall–Kier alpha value is -3.64. The van der Waals surface area contributed by atoms with Crippen LogP contribution in [0.1, 0.15) is 61.8 Å². The molecule has 0 bridgehead atoms. The third kappa shape index (κ3) is 16.3. The molecule has 0 atom stereocenters. The minimum Gasteiger partial charge on any atom is -0.444 e. The molecule has 254 valence electrons. The number of ether oxygens (including phenoxy) is 2. The van der Waals surface area contributed by atoms with Crippen LogP contribution in [0.4, 0.5) is 32.3 Å². The molecule has 4 N–H and O–H groups in total. The number of nitro benzene ring substituents is 1. The normalized spacial score (nSPS) is 10.8. The van der Waals surface area contributed by atoms with Gasteiger partial charge in [-0.15, -0.1) is 0 Å². The number of nitrogens with two attached hydrogens (primary N) is 1. The minimum atomic E-state index is -0.540. The van der Waals surface area contributed by atoms with E-state index in [1.807, 2.05) is 20.8 Å². The van der Waals surface area contributed by atoms with Gasteiger partial charge in [-0.3, -0.25) is 10.1 Å². The van der Waals surface area contributed by atoms with Gasteiger partial charge in [-0.2, -0.15) is 0 Å². The summed E-state index contributed by atoms with van der Waals surface area (Å²) in [6, 6.07) is 9.89. The highest BCUT2D eigenvalue weighted by Gasteiger charge is 2.21. The SMILES string of the molecule is C.CN(CCCNc1c(Cl)cccc1[N+](=O)[O-])C(=O)OC(C)(C)C.CN(CCCNc1c(N)cccc1Cl)C(=O)OC(C)(C)C. The summed E-state index contributed by atoms with van der Waals surface area (Å²) in [5, 5.41) is 18.0. The van der Waals surface area contributed by atoms with Crippen LogP contribution in [-0.2, 0) is 9.47 Å². The molecule has 45 heavy (non-hydrogen) atoms. The Morgan fingerprint density at radius 2 is 1.22 bits per heavy atom. The van der Waals surface area contributed by atoms with Gasteiger partial charge in [0.2, 0.25) is 0 Å². The summed E-state index contributed by atoms with van der Waals surface area (Å²) in [6.45, 7) is 13.1. The number of benzene rings is 2. The van der Waals surface area contributed by atoms with E-state index < -0.39 is 22.2 Å². The van der Waals surface area contributed by atoms with E-state index in [9.17, 15) is 19.7 Å². The van der Waals surface area contributed by atoms with Crippen LogP contribution < -0.4 is 16.4 Å². The van der Waals surface area contributed by atoms with Gasteiger partial charge in [0.1, 0.15) is 16.9 Å². The second-order valence-corrected chi connectivity index (χ2v) is 12.8. The lowest BCUT2D eigenvalue weighted by Crippen LogP contribution is -2.35. The van der Waals surface area contributed by atoms with Gasteiger partial charge >= 0.3 is 12.2 Å². The van der Waals surface area contributed by atoms with Gasteiger partial charge in [-0.1, -0.05) is 42.8 Å². The summed E-state index contributed by atoms with van der Waals surface area (Å²) in [6.07, 6.45) is 0.638. The Balaban J connectivity index is 0.000000845. The third-order valence-electron chi connectivity index (χ3n) is 5.59. The lowest BCUT2D eigenvalue weighted by Gasteiger charge is -2.24. The number of amides is 2. The average Bonchev–Trinajstić information content (AvgIpc) is 2.89. The van der Waals surface area contributed by atoms with Crippen LogP contribution in [0.3, 0.4) is 0 Å². The molecule has 2 amide bonds. The maximum Gasteiger partial charge on any atom is 0.410 e. The number of rotatable bonds is 11. The van der Waals surface area contributed by atoms with E-state index in [2.05, 4.69) is 10.6 Å². The number of carbonyl (C=O) groups is 2. The van der Waals surface area contributed by atoms with E-state index in [4.69, 9.17) is 38.4 Å². The highest BCUT2D eigenvalue weighted by Crippen LogP contribution is 2.31. The molecule has 0 radical (unpaired) electrons. The fourth-order valence-electron chi connectivity index (χ4n) is 3.49. The predicted molar refractivity (Wildman–Crippen MR) is 185 cm³/mol. The first-order valence-corrected chi connectivity index (χ1v) is 14.9. The number of anilines is 3. The summed E-state index contributed by atoms with van der Waals surface area (Å²) >= 11 is 12.1. The van der Waals surface area contributed by atoms with Crippen molar-refractivity contribution in [2.75, 3.05) is 56.6 Å². The van der Waals surface area contributed by atoms with Crippen LogP contribution in [0.5, 0.6) is 0 Å². The van der Waals surface area contributed by atoms with E-state index in [0.717, 1.165) is 12.1 Å². The van der Waals surface area contributed by atoms with Crippen LogP contribution in [0.15, 0.2) is 36.4 Å². The van der Waals surface area contributed by atoms with E-state index in [1.54, 1.807) is 64.0 Å². The van der Waals surface area contributed by atoms with Crippen molar-refractivity contribution in [3.8, 4) is 0 Å². The molecular formula is C31H50Cl2N6O6. The third-order valence-corrected chi connectivity index (χ3v) is 6.22. The highest BCUT2D eigenvalue weighted by atomic mass is 35.5. The van der Waals surface area contributed by atoms with Gasteiger partial charge in [0.05, 0.1) is 26.3 Å². The van der Waals surface area contributed by atoms with Gasteiger partial charge in [0, 0.05) is 46.3 Å². The van der Waals surface area contributed by atoms with E-state index >= 15 is 0 Å². The van der Waals surface area contributed by atoms with Gasteiger partial charge < -0.3 is 35.6 Å². The predicted octanol–water partition coefficient (Wildman–Crippen LogP) is 8.14. The number of nitrogens with one attached hydrogen (secondary N) is 2. The van der Waals surface area contributed by atoms with Crippen LogP contribution in [0.25, 0.3) is 0 Å². The van der Waals surface area contributed by atoms with Crippen molar-refractivity contribution in [2.24, 2.45) is 0 Å². The molecule has 0 aliphatic carbocycles. The van der Waals surface area contributed by atoms with Crippen LogP contribution >= 0.6 is 23.2 Å². The first kappa shape index (κ1) is 41.4. The van der Waals surface area contributed by atoms with Crippen molar-refractivity contribution in [2.45, 2.75) is 73.0 Å². The Kier molecular flexibility index (Phi) is 17.5. The number of nitrogens with zero attached hydrogens (tertiary/aromatic N) is 3. The molecule has 0 fully saturated rings. The monoisotopic (exact) mass is 672 g/mol. The summed E-state index contributed by atoms with van der Waals surface area (Å²) in [5.74, 6) is 0. The molecule has 0 saturated carbocycles. The molecular weight excluding hydrogens is 623 g/mol. The summed E-state index contributed by atoms with van der Waals surface area (Å²) in [5.41, 5.74) is 6.40. The fourth-order valence-corrected chi connectivity index (χ4v) is 3.97. The second kappa shape index (κ2) is 19.0. The zero-order chi connectivity index (χ0) is 33.7. The Morgan fingerprint density at radius 1 is 0.822 bits per heavy atom. The molecule has 2 aromatic carbocycles. The number of carbonyl (C=O) groups excluding carboxylic acids is 2. The topological polar surface area (TPSA) is 152 Å². The number of nitro groups is 1.